The van der Waals surface area contributed by atoms with Gasteiger partial charge < -0.3 is 10.6 Å². The molecule has 0 bridgehead atoms. The summed E-state index contributed by atoms with van der Waals surface area (Å²) in [5.74, 6) is 3.10. The van der Waals surface area contributed by atoms with Gasteiger partial charge in [-0.3, -0.25) is 0 Å². The van der Waals surface area contributed by atoms with E-state index >= 15 is 0 Å². The molecule has 0 aromatic rings. The summed E-state index contributed by atoms with van der Waals surface area (Å²) in [7, 11) is 0. The smallest absolute Gasteiger partial charge is 0.0164 e. The molecular weight excluding hydrogens is 208 g/mol. The van der Waals surface area contributed by atoms with Crippen molar-refractivity contribution >= 4 is 0 Å². The molecular formula is C15H30N2. The molecule has 2 fully saturated rings. The van der Waals surface area contributed by atoms with Crippen molar-refractivity contribution in [2.24, 2.45) is 17.8 Å². The third-order valence-electron chi connectivity index (χ3n) is 4.91. The van der Waals surface area contributed by atoms with E-state index in [1.165, 1.54) is 45.1 Å². The molecule has 2 rings (SSSR count). The second kappa shape index (κ2) is 6.75. The largest absolute Gasteiger partial charge is 0.315 e. The molecule has 0 heterocycles. The molecule has 2 aliphatic rings. The first-order chi connectivity index (χ1) is 8.31. The number of hydrogen-bond acceptors (Lipinski definition) is 2. The van der Waals surface area contributed by atoms with E-state index in [0.717, 1.165) is 30.8 Å². The SMILES string of the molecule is CCNCC(C)NCC(C1CCC1)C1CCC1. The highest BCUT2D eigenvalue weighted by Gasteiger charge is 2.35. The summed E-state index contributed by atoms with van der Waals surface area (Å²) >= 11 is 0. The van der Waals surface area contributed by atoms with Crippen molar-refractivity contribution < 1.29 is 0 Å². The van der Waals surface area contributed by atoms with Crippen LogP contribution in [-0.2, 0) is 0 Å². The van der Waals surface area contributed by atoms with Crippen LogP contribution >= 0.6 is 0 Å². The van der Waals surface area contributed by atoms with Gasteiger partial charge in [-0.2, -0.15) is 0 Å². The molecule has 2 aliphatic carbocycles. The van der Waals surface area contributed by atoms with E-state index in [1.807, 2.05) is 0 Å². The molecule has 1 unspecified atom stereocenters. The van der Waals surface area contributed by atoms with Crippen LogP contribution in [0.4, 0.5) is 0 Å². The van der Waals surface area contributed by atoms with Crippen LogP contribution in [0.1, 0.15) is 52.4 Å². The minimum atomic E-state index is 0.623. The molecule has 17 heavy (non-hydrogen) atoms. The lowest BCUT2D eigenvalue weighted by atomic mass is 9.64. The zero-order chi connectivity index (χ0) is 12.1. The maximum atomic E-state index is 3.75. The van der Waals surface area contributed by atoms with Crippen LogP contribution in [0.25, 0.3) is 0 Å². The zero-order valence-electron chi connectivity index (χ0n) is 11.7. The highest BCUT2D eigenvalue weighted by atomic mass is 15.0. The van der Waals surface area contributed by atoms with Crippen LogP contribution in [0.15, 0.2) is 0 Å². The van der Waals surface area contributed by atoms with Crippen LogP contribution in [-0.4, -0.2) is 25.7 Å². The van der Waals surface area contributed by atoms with Gasteiger partial charge in [0.2, 0.25) is 0 Å². The van der Waals surface area contributed by atoms with Crippen LogP contribution in [0.3, 0.4) is 0 Å². The summed E-state index contributed by atoms with van der Waals surface area (Å²) in [6.07, 6.45) is 8.99. The maximum Gasteiger partial charge on any atom is 0.0164 e. The molecule has 2 heteroatoms. The van der Waals surface area contributed by atoms with Gasteiger partial charge in [-0.15, -0.1) is 0 Å². The number of hydrogen-bond donors (Lipinski definition) is 2. The Balaban J connectivity index is 1.69. The Morgan fingerprint density at radius 1 is 1.00 bits per heavy atom. The van der Waals surface area contributed by atoms with Crippen molar-refractivity contribution in [2.75, 3.05) is 19.6 Å². The molecule has 0 aromatic carbocycles. The predicted octanol–water partition coefficient (Wildman–Crippen LogP) is 2.79. The Bertz CT molecular complexity index is 195. The van der Waals surface area contributed by atoms with Gasteiger partial charge in [0.05, 0.1) is 0 Å². The van der Waals surface area contributed by atoms with Crippen LogP contribution in [0.2, 0.25) is 0 Å². The van der Waals surface area contributed by atoms with Gasteiger partial charge in [-0.1, -0.05) is 45.4 Å². The van der Waals surface area contributed by atoms with E-state index in [2.05, 4.69) is 24.5 Å². The van der Waals surface area contributed by atoms with E-state index in [1.54, 1.807) is 0 Å². The predicted molar refractivity (Wildman–Crippen MR) is 74.2 cm³/mol. The molecule has 0 radical (unpaired) electrons. The van der Waals surface area contributed by atoms with E-state index in [4.69, 9.17) is 0 Å². The Morgan fingerprint density at radius 3 is 2.00 bits per heavy atom. The molecule has 0 amide bonds. The molecule has 0 aliphatic heterocycles. The second-order valence-electron chi connectivity index (χ2n) is 6.16. The van der Waals surface area contributed by atoms with Gasteiger partial charge in [0.15, 0.2) is 0 Å². The summed E-state index contributed by atoms with van der Waals surface area (Å²) in [4.78, 5) is 0. The molecule has 100 valence electrons. The number of rotatable bonds is 8. The molecule has 2 N–H and O–H groups in total. The summed E-state index contributed by atoms with van der Waals surface area (Å²) in [5, 5.41) is 7.18. The lowest BCUT2D eigenvalue weighted by Gasteiger charge is -2.43. The van der Waals surface area contributed by atoms with Crippen molar-refractivity contribution in [3.8, 4) is 0 Å². The standard InChI is InChI=1S/C15H30N2/c1-3-16-10-12(2)17-11-15(13-6-4-7-13)14-8-5-9-14/h12-17H,3-11H2,1-2H3. The van der Waals surface area contributed by atoms with E-state index in [0.29, 0.717) is 6.04 Å². The Morgan fingerprint density at radius 2 is 1.59 bits per heavy atom. The monoisotopic (exact) mass is 238 g/mol. The highest BCUT2D eigenvalue weighted by molar-refractivity contribution is 4.88. The van der Waals surface area contributed by atoms with Gasteiger partial charge >= 0.3 is 0 Å². The average molecular weight is 238 g/mol. The van der Waals surface area contributed by atoms with Crippen molar-refractivity contribution in [1.82, 2.24) is 10.6 Å². The third-order valence-corrected chi connectivity index (χ3v) is 4.91. The fourth-order valence-corrected chi connectivity index (χ4v) is 3.22. The fraction of sp³-hybridized carbons (Fsp3) is 1.00. The van der Waals surface area contributed by atoms with Crippen LogP contribution in [0, 0.1) is 17.8 Å². The van der Waals surface area contributed by atoms with E-state index < -0.39 is 0 Å². The lowest BCUT2D eigenvalue weighted by molar-refractivity contribution is 0.0898. The van der Waals surface area contributed by atoms with Gasteiger partial charge in [0, 0.05) is 12.6 Å². The van der Waals surface area contributed by atoms with Gasteiger partial charge in [-0.05, 0) is 37.8 Å². The Hall–Kier alpha value is -0.0800. The summed E-state index contributed by atoms with van der Waals surface area (Å²) in [5.41, 5.74) is 0. The first-order valence-electron chi connectivity index (χ1n) is 7.75. The minimum absolute atomic E-state index is 0.623. The summed E-state index contributed by atoms with van der Waals surface area (Å²) < 4.78 is 0. The topological polar surface area (TPSA) is 24.1 Å². The van der Waals surface area contributed by atoms with Gasteiger partial charge in [0.1, 0.15) is 0 Å². The summed E-state index contributed by atoms with van der Waals surface area (Å²) in [6, 6.07) is 0.623. The van der Waals surface area contributed by atoms with Crippen molar-refractivity contribution in [3.63, 3.8) is 0 Å². The number of nitrogens with one attached hydrogen (secondary N) is 2. The first-order valence-corrected chi connectivity index (χ1v) is 7.75. The maximum absolute atomic E-state index is 3.75. The van der Waals surface area contributed by atoms with E-state index in [9.17, 15) is 0 Å². The second-order valence-corrected chi connectivity index (χ2v) is 6.16. The average Bonchev–Trinajstić information content (AvgIpc) is 2.17. The van der Waals surface area contributed by atoms with Gasteiger partial charge in [-0.25, -0.2) is 0 Å². The first kappa shape index (κ1) is 13.4. The Labute approximate surface area is 107 Å². The van der Waals surface area contributed by atoms with Gasteiger partial charge in [0.25, 0.3) is 0 Å². The molecule has 1 atom stereocenters. The highest BCUT2D eigenvalue weighted by Crippen LogP contribution is 2.44. The molecule has 0 spiro atoms. The molecule has 2 nitrogen and oxygen atoms in total. The van der Waals surface area contributed by atoms with Crippen molar-refractivity contribution in [2.45, 2.75) is 58.4 Å². The van der Waals surface area contributed by atoms with E-state index in [-0.39, 0.29) is 0 Å². The van der Waals surface area contributed by atoms with Crippen molar-refractivity contribution in [3.05, 3.63) is 0 Å². The minimum Gasteiger partial charge on any atom is -0.315 e. The van der Waals surface area contributed by atoms with Crippen LogP contribution < -0.4 is 10.6 Å². The Kier molecular flexibility index (Phi) is 5.30. The molecule has 2 saturated carbocycles. The number of likely N-dealkylation sites (N-methyl/N-ethyl adjacent to an activating group) is 1. The molecule has 0 aromatic heterocycles. The third kappa shape index (κ3) is 3.69. The van der Waals surface area contributed by atoms with Crippen molar-refractivity contribution in [1.29, 1.82) is 0 Å². The molecule has 0 saturated heterocycles. The lowest BCUT2D eigenvalue weighted by Crippen LogP contribution is -2.44. The summed E-state index contributed by atoms with van der Waals surface area (Å²) in [6.45, 7) is 7.95. The zero-order valence-corrected chi connectivity index (χ0v) is 11.7. The van der Waals surface area contributed by atoms with Crippen LogP contribution in [0.5, 0.6) is 0 Å². The fourth-order valence-electron chi connectivity index (χ4n) is 3.22. The quantitative estimate of drug-likeness (QED) is 0.679. The normalized spacial score (nSPS) is 23.5.